The molecule has 5 N–H and O–H groups in total. The van der Waals surface area contributed by atoms with Crippen molar-refractivity contribution in [3.05, 3.63) is 72.3 Å². The van der Waals surface area contributed by atoms with Crippen LogP contribution in [0, 0.1) is 11.5 Å². The number of anilines is 3. The molecule has 0 aromatic heterocycles. The molecule has 0 heterocycles. The summed E-state index contributed by atoms with van der Waals surface area (Å²) in [5.41, 5.74) is 15.2. The van der Waals surface area contributed by atoms with Crippen molar-refractivity contribution in [2.24, 2.45) is 0 Å². The van der Waals surface area contributed by atoms with E-state index in [4.69, 9.17) is 30.9 Å². The van der Waals surface area contributed by atoms with Crippen molar-refractivity contribution < 1.29 is 23.8 Å². The number of hydrogen-bond acceptors (Lipinski definition) is 8. The zero-order valence-electron chi connectivity index (χ0n) is 19.0. The Hall–Kier alpha value is -4.97. The summed E-state index contributed by atoms with van der Waals surface area (Å²) >= 11 is 0. The van der Waals surface area contributed by atoms with Crippen LogP contribution in [0.25, 0.3) is 17.2 Å². The topological polar surface area (TPSA) is 150 Å². The Morgan fingerprint density at radius 2 is 1.69 bits per heavy atom. The Labute approximate surface area is 202 Å². The highest BCUT2D eigenvalue weighted by molar-refractivity contribution is 5.92. The molecule has 0 aliphatic carbocycles. The van der Waals surface area contributed by atoms with Gasteiger partial charge in [-0.3, -0.25) is 4.79 Å². The average molecular weight is 473 g/mol. The summed E-state index contributed by atoms with van der Waals surface area (Å²) in [6.45, 7) is -0.0889. The second-order valence-corrected chi connectivity index (χ2v) is 7.36. The minimum Gasteiger partial charge on any atom is -0.496 e. The van der Waals surface area contributed by atoms with E-state index >= 15 is 0 Å². The minimum atomic E-state index is -0.592. The fraction of sp³-hybridized carbons (Fsp3) is 0.115. The van der Waals surface area contributed by atoms with Gasteiger partial charge < -0.3 is 31.0 Å². The molecule has 0 atom stereocenters. The van der Waals surface area contributed by atoms with Crippen LogP contribution in [0.15, 0.2) is 66.7 Å². The van der Waals surface area contributed by atoms with Crippen molar-refractivity contribution in [2.75, 3.05) is 30.5 Å². The van der Waals surface area contributed by atoms with Crippen LogP contribution in [0.3, 0.4) is 0 Å². The van der Waals surface area contributed by atoms with Gasteiger partial charge in [0.05, 0.1) is 13.5 Å². The molecular formula is C26H24N4O5. The lowest BCUT2D eigenvalue weighted by molar-refractivity contribution is -0.138. The fourth-order valence-electron chi connectivity index (χ4n) is 3.22. The van der Waals surface area contributed by atoms with Gasteiger partial charge in [0.25, 0.3) is 6.26 Å². The van der Waals surface area contributed by atoms with Gasteiger partial charge in [-0.2, -0.15) is 0 Å². The standard InChI is InChI=1S/C26H24N4O5/c1-33-24-12-19(17-4-7-23(8-5-17)35-16-27)3-2-18(24)6-9-26(32)34-11-10-25(31)30-22-14-20(28)13-21(29)15-22/h2-9,12-15H,10-11,28-29H2,1H3,(H,30,31)/b9-6+. The van der Waals surface area contributed by atoms with E-state index in [1.54, 1.807) is 42.7 Å². The number of carbonyl (C=O) groups excluding carboxylic acids is 2. The van der Waals surface area contributed by atoms with E-state index in [1.807, 2.05) is 30.3 Å². The first kappa shape index (κ1) is 24.7. The SMILES string of the molecule is COc1cc(-c2ccc(OC#N)cc2)ccc1/C=C/C(=O)OCCC(=O)Nc1cc(N)cc(N)c1. The summed E-state index contributed by atoms with van der Waals surface area (Å²) in [4.78, 5) is 24.1. The van der Waals surface area contributed by atoms with Crippen LogP contribution in [0.1, 0.15) is 12.0 Å². The Morgan fingerprint density at radius 1 is 1.00 bits per heavy atom. The maximum Gasteiger partial charge on any atom is 0.330 e. The number of nitrogens with zero attached hydrogens (tertiary/aromatic N) is 1. The molecule has 3 aromatic carbocycles. The quantitative estimate of drug-likeness (QED) is 0.183. The molecule has 0 fully saturated rings. The zero-order valence-corrected chi connectivity index (χ0v) is 19.0. The molecule has 178 valence electrons. The number of methoxy groups -OCH3 is 1. The van der Waals surface area contributed by atoms with Crippen LogP contribution < -0.4 is 26.3 Å². The number of nitrogens with one attached hydrogen (secondary N) is 1. The largest absolute Gasteiger partial charge is 0.496 e. The highest BCUT2D eigenvalue weighted by Gasteiger charge is 2.08. The number of esters is 1. The van der Waals surface area contributed by atoms with Crippen LogP contribution in [0.5, 0.6) is 11.5 Å². The van der Waals surface area contributed by atoms with Gasteiger partial charge in [0, 0.05) is 28.7 Å². The van der Waals surface area contributed by atoms with Gasteiger partial charge >= 0.3 is 5.97 Å². The van der Waals surface area contributed by atoms with Crippen LogP contribution in [0.2, 0.25) is 0 Å². The van der Waals surface area contributed by atoms with Crippen molar-refractivity contribution >= 4 is 35.0 Å². The number of carbonyl (C=O) groups is 2. The molecule has 35 heavy (non-hydrogen) atoms. The van der Waals surface area contributed by atoms with Gasteiger partial charge in [-0.1, -0.05) is 24.3 Å². The van der Waals surface area contributed by atoms with E-state index in [2.05, 4.69) is 5.32 Å². The molecule has 0 unspecified atom stereocenters. The molecule has 9 nitrogen and oxygen atoms in total. The van der Waals surface area contributed by atoms with Crippen molar-refractivity contribution in [1.29, 1.82) is 5.26 Å². The first-order chi connectivity index (χ1) is 16.9. The number of benzene rings is 3. The summed E-state index contributed by atoms with van der Waals surface area (Å²) < 4.78 is 15.3. The number of nitrogen functional groups attached to an aromatic ring is 2. The van der Waals surface area contributed by atoms with E-state index < -0.39 is 5.97 Å². The Balaban J connectivity index is 1.54. The molecule has 0 saturated heterocycles. The molecule has 0 aliphatic rings. The molecule has 0 bridgehead atoms. The zero-order chi connectivity index (χ0) is 25.2. The van der Waals surface area contributed by atoms with Crippen molar-refractivity contribution in [3.63, 3.8) is 0 Å². The van der Waals surface area contributed by atoms with E-state index in [9.17, 15) is 9.59 Å². The van der Waals surface area contributed by atoms with Crippen molar-refractivity contribution in [1.82, 2.24) is 0 Å². The summed E-state index contributed by atoms with van der Waals surface area (Å²) in [6.07, 6.45) is 4.45. The average Bonchev–Trinajstić information content (AvgIpc) is 2.82. The number of hydrogen-bond donors (Lipinski definition) is 3. The molecule has 9 heteroatoms. The molecule has 3 rings (SSSR count). The van der Waals surface area contributed by atoms with Crippen LogP contribution in [0.4, 0.5) is 17.1 Å². The number of ether oxygens (including phenoxy) is 3. The van der Waals surface area contributed by atoms with Gasteiger partial charge in [-0.25, -0.2) is 4.79 Å². The molecule has 0 aliphatic heterocycles. The lowest BCUT2D eigenvalue weighted by Gasteiger charge is -2.09. The van der Waals surface area contributed by atoms with Crippen LogP contribution in [-0.4, -0.2) is 25.6 Å². The van der Waals surface area contributed by atoms with Crippen molar-refractivity contribution in [2.45, 2.75) is 6.42 Å². The Morgan fingerprint density at radius 3 is 2.34 bits per heavy atom. The van der Waals surface area contributed by atoms with Gasteiger partial charge in [0.1, 0.15) is 18.1 Å². The number of nitriles is 1. The molecule has 3 aromatic rings. The predicted molar refractivity (Wildman–Crippen MR) is 133 cm³/mol. The maximum absolute atomic E-state index is 12.1. The first-order valence-corrected chi connectivity index (χ1v) is 10.5. The summed E-state index contributed by atoms with van der Waals surface area (Å²) in [6, 6.07) is 17.3. The van der Waals surface area contributed by atoms with Crippen LogP contribution in [-0.2, 0) is 14.3 Å². The lowest BCUT2D eigenvalue weighted by Crippen LogP contribution is -2.15. The number of rotatable bonds is 9. The summed E-state index contributed by atoms with van der Waals surface area (Å²) in [7, 11) is 1.53. The van der Waals surface area contributed by atoms with Crippen LogP contribution >= 0.6 is 0 Å². The molecular weight excluding hydrogens is 448 g/mol. The Bertz CT molecular complexity index is 1260. The normalized spacial score (nSPS) is 10.4. The second-order valence-electron chi connectivity index (χ2n) is 7.36. The third-order valence-corrected chi connectivity index (χ3v) is 4.82. The number of nitrogens with two attached hydrogens (primary N) is 2. The Kier molecular flexibility index (Phi) is 8.29. The molecule has 0 radical (unpaired) electrons. The van der Waals surface area contributed by atoms with E-state index in [1.165, 1.54) is 13.2 Å². The first-order valence-electron chi connectivity index (χ1n) is 10.5. The third kappa shape index (κ3) is 7.27. The maximum atomic E-state index is 12.1. The van der Waals surface area contributed by atoms with Crippen molar-refractivity contribution in [3.8, 4) is 28.9 Å². The second kappa shape index (κ2) is 11.8. The van der Waals surface area contributed by atoms with E-state index in [0.717, 1.165) is 11.1 Å². The van der Waals surface area contributed by atoms with Gasteiger partial charge in [-0.05, 0) is 53.6 Å². The van der Waals surface area contributed by atoms with Gasteiger partial charge in [0.15, 0.2) is 0 Å². The third-order valence-electron chi connectivity index (χ3n) is 4.82. The lowest BCUT2D eigenvalue weighted by atomic mass is 10.0. The number of amides is 1. The summed E-state index contributed by atoms with van der Waals surface area (Å²) in [5, 5.41) is 11.2. The van der Waals surface area contributed by atoms with E-state index in [-0.39, 0.29) is 18.9 Å². The molecule has 1 amide bonds. The predicted octanol–water partition coefficient (Wildman–Crippen LogP) is 3.97. The minimum absolute atomic E-state index is 0.0233. The highest BCUT2D eigenvalue weighted by Crippen LogP contribution is 2.29. The van der Waals surface area contributed by atoms with Gasteiger partial charge in [-0.15, -0.1) is 5.26 Å². The van der Waals surface area contributed by atoms with Gasteiger partial charge in [0.2, 0.25) is 5.91 Å². The summed E-state index contributed by atoms with van der Waals surface area (Å²) in [5.74, 6) is 0.0828. The fourth-order valence-corrected chi connectivity index (χ4v) is 3.22. The molecule has 0 spiro atoms. The monoisotopic (exact) mass is 472 g/mol. The molecule has 0 saturated carbocycles. The smallest absolute Gasteiger partial charge is 0.330 e. The highest BCUT2D eigenvalue weighted by atomic mass is 16.5. The van der Waals surface area contributed by atoms with E-state index in [0.29, 0.717) is 34.1 Å².